The Morgan fingerprint density at radius 3 is 2.48 bits per heavy atom. The molecule has 1 aromatic heterocycles. The first-order chi connectivity index (χ1) is 11.6. The van der Waals surface area contributed by atoms with Gasteiger partial charge in [-0.15, -0.1) is 0 Å². The summed E-state index contributed by atoms with van der Waals surface area (Å²) in [5.74, 6) is 0.640. The van der Waals surface area contributed by atoms with E-state index in [1.54, 1.807) is 7.05 Å². The average molecular weight is 344 g/mol. The fourth-order valence-corrected chi connectivity index (χ4v) is 3.01. The first-order valence-electron chi connectivity index (χ1n) is 8.46. The lowest BCUT2D eigenvalue weighted by Crippen LogP contribution is -2.44. The van der Waals surface area contributed by atoms with Crippen LogP contribution in [0.3, 0.4) is 0 Å². The Morgan fingerprint density at radius 1 is 1.32 bits per heavy atom. The Kier molecular flexibility index (Phi) is 4.27. The predicted molar refractivity (Wildman–Crippen MR) is 97.9 cm³/mol. The average Bonchev–Trinajstić information content (AvgIpc) is 2.82. The van der Waals surface area contributed by atoms with Gasteiger partial charge in [-0.25, -0.2) is 4.79 Å². The van der Waals surface area contributed by atoms with Crippen molar-refractivity contribution in [2.24, 2.45) is 12.5 Å². The third kappa shape index (κ3) is 3.35. The third-order valence-electron chi connectivity index (χ3n) is 4.54. The molecule has 0 spiro atoms. The van der Waals surface area contributed by atoms with E-state index in [4.69, 9.17) is 9.47 Å². The number of tetrazole rings is 1. The molecular weight excluding hydrogens is 319 g/mol. The van der Waals surface area contributed by atoms with Crippen LogP contribution in [0.1, 0.15) is 33.3 Å². The van der Waals surface area contributed by atoms with Crippen LogP contribution in [0.5, 0.6) is 5.75 Å². The Labute approximate surface area is 148 Å². The molecule has 7 nitrogen and oxygen atoms in total. The smallest absolute Gasteiger partial charge is 0.368 e. The topological polar surface area (TPSA) is 71.2 Å². The molecule has 0 atom stereocenters. The molecule has 8 heteroatoms. The standard InChI is InChI=1S/C17H25BN4O3/c1-16(2,3)11-6-13(22-15(23)21(5)19-20-22)14(7-12(11)18)25-10-17(4)8-24-9-17/h6-7H,8-10,18H2,1-5H3. The van der Waals surface area contributed by atoms with Gasteiger partial charge in [0.25, 0.3) is 0 Å². The molecule has 2 aromatic rings. The largest absolute Gasteiger partial charge is 0.491 e. The Morgan fingerprint density at radius 2 is 2.00 bits per heavy atom. The van der Waals surface area contributed by atoms with Crippen molar-refractivity contribution in [1.29, 1.82) is 0 Å². The highest BCUT2D eigenvalue weighted by Crippen LogP contribution is 2.31. The number of aryl methyl sites for hydroxylation is 1. The summed E-state index contributed by atoms with van der Waals surface area (Å²) in [6, 6.07) is 3.97. The number of ether oxygens (including phenoxy) is 2. The minimum absolute atomic E-state index is 0.0151. The molecule has 2 heterocycles. The maximum atomic E-state index is 12.4. The lowest BCUT2D eigenvalue weighted by Gasteiger charge is -2.37. The molecule has 134 valence electrons. The third-order valence-corrected chi connectivity index (χ3v) is 4.54. The first kappa shape index (κ1) is 17.7. The Bertz CT molecular complexity index is 847. The van der Waals surface area contributed by atoms with Crippen LogP contribution in [0.4, 0.5) is 0 Å². The molecule has 1 fully saturated rings. The normalized spacial score (nSPS) is 16.5. The minimum atomic E-state index is -0.299. The fraction of sp³-hybridized carbons (Fsp3) is 0.588. The van der Waals surface area contributed by atoms with E-state index in [1.165, 1.54) is 9.36 Å². The van der Waals surface area contributed by atoms with E-state index < -0.39 is 0 Å². The number of aromatic nitrogens is 4. The number of benzene rings is 1. The molecule has 1 aliphatic rings. The SMILES string of the molecule is Bc1cc(OCC2(C)COC2)c(-n2nnn(C)c2=O)cc1C(C)(C)C. The highest BCUT2D eigenvalue weighted by molar-refractivity contribution is 6.33. The molecule has 0 aliphatic carbocycles. The summed E-state index contributed by atoms with van der Waals surface area (Å²) in [5, 5.41) is 7.82. The van der Waals surface area contributed by atoms with Crippen molar-refractivity contribution < 1.29 is 9.47 Å². The van der Waals surface area contributed by atoms with Gasteiger partial charge in [0.05, 0.1) is 19.8 Å². The second-order valence-corrected chi connectivity index (χ2v) is 8.27. The van der Waals surface area contributed by atoms with Crippen LogP contribution in [0.2, 0.25) is 0 Å². The van der Waals surface area contributed by atoms with Gasteiger partial charge in [-0.3, -0.25) is 0 Å². The zero-order chi connectivity index (χ0) is 18.4. The molecule has 1 saturated heterocycles. The van der Waals surface area contributed by atoms with Gasteiger partial charge in [0.1, 0.15) is 19.3 Å². The molecule has 0 amide bonds. The van der Waals surface area contributed by atoms with Crippen LogP contribution >= 0.6 is 0 Å². The van der Waals surface area contributed by atoms with Gasteiger partial charge in [-0.2, -0.15) is 9.36 Å². The van der Waals surface area contributed by atoms with Gasteiger partial charge in [-0.05, 0) is 33.5 Å². The second-order valence-electron chi connectivity index (χ2n) is 8.27. The first-order valence-corrected chi connectivity index (χ1v) is 8.46. The number of nitrogens with zero attached hydrogens (tertiary/aromatic N) is 4. The van der Waals surface area contributed by atoms with Crippen LogP contribution in [-0.2, 0) is 17.2 Å². The summed E-state index contributed by atoms with van der Waals surface area (Å²) in [4.78, 5) is 12.4. The van der Waals surface area contributed by atoms with Crippen molar-refractivity contribution in [3.05, 3.63) is 28.2 Å². The molecular formula is C17H25BN4O3. The monoisotopic (exact) mass is 344 g/mol. The van der Waals surface area contributed by atoms with Gasteiger partial charge in [-0.1, -0.05) is 33.2 Å². The zero-order valence-corrected chi connectivity index (χ0v) is 15.8. The summed E-state index contributed by atoms with van der Waals surface area (Å²) in [5.41, 5.74) is 2.55. The molecule has 3 rings (SSSR count). The van der Waals surface area contributed by atoms with Crippen LogP contribution in [0.25, 0.3) is 5.69 Å². The van der Waals surface area contributed by atoms with Crippen molar-refractivity contribution in [3.8, 4) is 11.4 Å². The zero-order valence-electron chi connectivity index (χ0n) is 15.8. The number of hydrogen-bond donors (Lipinski definition) is 0. The van der Waals surface area contributed by atoms with Crippen LogP contribution in [0, 0.1) is 5.41 Å². The fourth-order valence-electron chi connectivity index (χ4n) is 3.01. The Balaban J connectivity index is 2.07. The maximum absolute atomic E-state index is 12.4. The molecule has 1 aromatic carbocycles. The van der Waals surface area contributed by atoms with E-state index in [-0.39, 0.29) is 16.5 Å². The highest BCUT2D eigenvalue weighted by atomic mass is 16.5. The highest BCUT2D eigenvalue weighted by Gasteiger charge is 2.34. The summed E-state index contributed by atoms with van der Waals surface area (Å²) in [6.07, 6.45) is 0. The van der Waals surface area contributed by atoms with Gasteiger partial charge >= 0.3 is 5.69 Å². The molecule has 0 N–H and O–H groups in total. The Hall–Kier alpha value is -2.09. The van der Waals surface area contributed by atoms with E-state index in [9.17, 15) is 4.79 Å². The lowest BCUT2D eigenvalue weighted by molar-refractivity contribution is -0.120. The second kappa shape index (κ2) is 6.02. The van der Waals surface area contributed by atoms with E-state index in [2.05, 4.69) is 46.0 Å². The molecule has 0 bridgehead atoms. The lowest BCUT2D eigenvalue weighted by atomic mass is 9.77. The van der Waals surface area contributed by atoms with Crippen LogP contribution in [-0.4, -0.2) is 47.5 Å². The summed E-state index contributed by atoms with van der Waals surface area (Å²) < 4.78 is 13.9. The quantitative estimate of drug-likeness (QED) is 0.727. The van der Waals surface area contributed by atoms with E-state index in [0.717, 1.165) is 11.0 Å². The van der Waals surface area contributed by atoms with Gasteiger partial charge in [0.2, 0.25) is 0 Å². The predicted octanol–water partition coefficient (Wildman–Crippen LogP) is -0.0628. The molecule has 1 aliphatic heterocycles. The van der Waals surface area contributed by atoms with Crippen molar-refractivity contribution in [2.45, 2.75) is 33.1 Å². The van der Waals surface area contributed by atoms with Gasteiger partial charge in [0, 0.05) is 12.5 Å². The van der Waals surface area contributed by atoms with Gasteiger partial charge < -0.3 is 9.47 Å². The van der Waals surface area contributed by atoms with E-state index in [0.29, 0.717) is 31.3 Å². The van der Waals surface area contributed by atoms with Crippen molar-refractivity contribution in [3.63, 3.8) is 0 Å². The molecule has 25 heavy (non-hydrogen) atoms. The molecule has 0 unspecified atom stereocenters. The van der Waals surface area contributed by atoms with Crippen LogP contribution < -0.4 is 15.9 Å². The van der Waals surface area contributed by atoms with E-state index in [1.807, 2.05) is 12.1 Å². The van der Waals surface area contributed by atoms with Crippen LogP contribution in [0.15, 0.2) is 16.9 Å². The van der Waals surface area contributed by atoms with Crippen molar-refractivity contribution in [1.82, 2.24) is 19.8 Å². The number of hydrogen-bond acceptors (Lipinski definition) is 5. The number of rotatable bonds is 4. The van der Waals surface area contributed by atoms with Crippen molar-refractivity contribution >= 4 is 13.3 Å². The summed E-state index contributed by atoms with van der Waals surface area (Å²) in [6.45, 7) is 10.5. The van der Waals surface area contributed by atoms with E-state index >= 15 is 0 Å². The van der Waals surface area contributed by atoms with Crippen molar-refractivity contribution in [2.75, 3.05) is 19.8 Å². The molecule has 0 radical (unpaired) electrons. The van der Waals surface area contributed by atoms with Gasteiger partial charge in [0.15, 0.2) is 0 Å². The molecule has 0 saturated carbocycles. The minimum Gasteiger partial charge on any atom is -0.491 e. The maximum Gasteiger partial charge on any atom is 0.368 e. The summed E-state index contributed by atoms with van der Waals surface area (Å²) in [7, 11) is 3.64. The summed E-state index contributed by atoms with van der Waals surface area (Å²) >= 11 is 0.